The normalized spacial score (nSPS) is 14.9. The van der Waals surface area contributed by atoms with Gasteiger partial charge in [-0.3, -0.25) is 20.2 Å². The summed E-state index contributed by atoms with van der Waals surface area (Å²) in [4.78, 5) is 22.2. The minimum atomic E-state index is -0.598. The van der Waals surface area contributed by atoms with Crippen LogP contribution in [0.5, 0.6) is 0 Å². The van der Waals surface area contributed by atoms with E-state index < -0.39 is 15.3 Å². The molecule has 0 aliphatic heterocycles. The lowest BCUT2D eigenvalue weighted by atomic mass is 9.75. The maximum atomic E-state index is 11.5. The highest BCUT2D eigenvalue weighted by atomic mass is 35.5. The summed E-state index contributed by atoms with van der Waals surface area (Å²) in [5, 5.41) is 23.0. The van der Waals surface area contributed by atoms with Crippen molar-refractivity contribution in [1.29, 1.82) is 0 Å². The second kappa shape index (κ2) is 7.04. The quantitative estimate of drug-likeness (QED) is 0.272. The molecule has 0 saturated carbocycles. The number of hydrogen-bond acceptors (Lipinski definition) is 4. The van der Waals surface area contributed by atoms with Gasteiger partial charge in [0.05, 0.1) is 9.85 Å². The van der Waals surface area contributed by atoms with Crippen LogP contribution < -0.4 is 0 Å². The first kappa shape index (κ1) is 20.0. The lowest BCUT2D eigenvalue weighted by Crippen LogP contribution is -2.26. The highest BCUT2D eigenvalue weighted by molar-refractivity contribution is 6.18. The molecule has 0 heterocycles. The topological polar surface area (TPSA) is 86.3 Å². The highest BCUT2D eigenvalue weighted by Gasteiger charge is 2.48. The zero-order valence-electron chi connectivity index (χ0n) is 16.2. The Hall–Kier alpha value is -2.96. The fraction of sp³-hybridized carbons (Fsp3) is 0.217. The van der Waals surface area contributed by atoms with Crippen molar-refractivity contribution >= 4 is 34.6 Å². The molecule has 0 aromatic heterocycles. The van der Waals surface area contributed by atoms with E-state index in [2.05, 4.69) is 12.1 Å². The predicted molar refractivity (Wildman–Crippen MR) is 119 cm³/mol. The fourth-order valence-electron chi connectivity index (χ4n) is 5.16. The van der Waals surface area contributed by atoms with Crippen molar-refractivity contribution in [2.24, 2.45) is 0 Å². The molecule has 0 bridgehead atoms. The van der Waals surface area contributed by atoms with Crippen LogP contribution in [0.1, 0.15) is 33.4 Å². The van der Waals surface area contributed by atoms with Crippen molar-refractivity contribution in [3.05, 3.63) is 102 Å². The van der Waals surface area contributed by atoms with Gasteiger partial charge in [-0.25, -0.2) is 0 Å². The molecule has 156 valence electrons. The van der Waals surface area contributed by atoms with Gasteiger partial charge in [-0.15, -0.1) is 23.2 Å². The van der Waals surface area contributed by atoms with E-state index in [1.807, 2.05) is 0 Å². The summed E-state index contributed by atoms with van der Waals surface area (Å²) < 4.78 is 0. The van der Waals surface area contributed by atoms with Crippen LogP contribution in [0.4, 0.5) is 11.4 Å². The lowest BCUT2D eigenvalue weighted by Gasteiger charge is -2.26. The van der Waals surface area contributed by atoms with Crippen molar-refractivity contribution in [3.8, 4) is 11.1 Å². The molecule has 0 atom stereocenters. The first-order chi connectivity index (χ1) is 14.9. The fourth-order valence-corrected chi connectivity index (χ4v) is 5.66. The van der Waals surface area contributed by atoms with E-state index in [0.29, 0.717) is 24.6 Å². The molecule has 0 radical (unpaired) electrons. The van der Waals surface area contributed by atoms with Gasteiger partial charge in [0.15, 0.2) is 0 Å². The number of nitro groups is 2. The number of nitro benzene ring substituents is 2. The number of nitrogens with zero attached hydrogens (tertiary/aromatic N) is 2. The van der Waals surface area contributed by atoms with Gasteiger partial charge in [-0.1, -0.05) is 12.1 Å². The number of benzene rings is 3. The van der Waals surface area contributed by atoms with Crippen LogP contribution in [-0.4, -0.2) is 9.85 Å². The standard InChI is InChI=1S/C23H16Cl2N2O4/c24-11-15-5-13-9-23(10-14(13)6-16(15)12-25)21-7-17(26(28)29)1-3-19(21)20-4-2-18(27(30)31)8-22(20)23/h1-8H,9-12H2. The molecule has 2 aliphatic carbocycles. The molecule has 0 saturated heterocycles. The SMILES string of the molecule is O=[N+]([O-])c1ccc2c(c1)C1(Cc3cc(CCl)c(CCl)cc3C1)c1cc([N+](=O)[O-])ccc1-2. The minimum Gasteiger partial charge on any atom is -0.258 e. The van der Waals surface area contributed by atoms with Crippen molar-refractivity contribution < 1.29 is 9.85 Å². The van der Waals surface area contributed by atoms with Crippen molar-refractivity contribution in [1.82, 2.24) is 0 Å². The molecule has 3 aromatic carbocycles. The number of hydrogen-bond donors (Lipinski definition) is 0. The van der Waals surface area contributed by atoms with Gasteiger partial charge in [0.2, 0.25) is 0 Å². The van der Waals surface area contributed by atoms with Crippen molar-refractivity contribution in [2.75, 3.05) is 0 Å². The Kier molecular flexibility index (Phi) is 4.53. The van der Waals surface area contributed by atoms with Gasteiger partial charge in [0, 0.05) is 41.4 Å². The van der Waals surface area contributed by atoms with E-state index in [1.165, 1.54) is 12.1 Å². The maximum Gasteiger partial charge on any atom is 0.269 e. The molecule has 6 nitrogen and oxygen atoms in total. The summed E-state index contributed by atoms with van der Waals surface area (Å²) >= 11 is 12.3. The molecule has 3 aromatic rings. The molecule has 0 unspecified atom stereocenters. The third-order valence-corrected chi connectivity index (χ3v) is 7.12. The van der Waals surface area contributed by atoms with Gasteiger partial charge in [0.1, 0.15) is 0 Å². The third kappa shape index (κ3) is 2.86. The average Bonchev–Trinajstić information content (AvgIpc) is 3.27. The largest absolute Gasteiger partial charge is 0.269 e. The molecule has 31 heavy (non-hydrogen) atoms. The predicted octanol–water partition coefficient (Wildman–Crippen LogP) is 6.05. The van der Waals surface area contributed by atoms with E-state index in [4.69, 9.17) is 23.2 Å². The van der Waals surface area contributed by atoms with E-state index in [-0.39, 0.29) is 11.4 Å². The van der Waals surface area contributed by atoms with Gasteiger partial charge >= 0.3 is 0 Å². The van der Waals surface area contributed by atoms with Crippen LogP contribution in [0.3, 0.4) is 0 Å². The van der Waals surface area contributed by atoms with Gasteiger partial charge in [0.25, 0.3) is 11.4 Å². The van der Waals surface area contributed by atoms with Crippen LogP contribution in [0.2, 0.25) is 0 Å². The first-order valence-corrected chi connectivity index (χ1v) is 10.8. The second-order valence-electron chi connectivity index (χ2n) is 8.07. The van der Waals surface area contributed by atoms with Crippen molar-refractivity contribution in [3.63, 3.8) is 0 Å². The van der Waals surface area contributed by atoms with E-state index in [1.54, 1.807) is 24.3 Å². The summed E-state index contributed by atoms with van der Waals surface area (Å²) in [6.07, 6.45) is 1.19. The zero-order chi connectivity index (χ0) is 21.9. The van der Waals surface area contributed by atoms with Crippen LogP contribution in [0.15, 0.2) is 48.5 Å². The monoisotopic (exact) mass is 454 g/mol. The molecule has 8 heteroatoms. The van der Waals surface area contributed by atoms with E-state index in [9.17, 15) is 20.2 Å². The Morgan fingerprint density at radius 2 is 1.16 bits per heavy atom. The Bertz CT molecular complexity index is 1190. The summed E-state index contributed by atoms with van der Waals surface area (Å²) in [5.74, 6) is 0.679. The molecule has 5 rings (SSSR count). The summed E-state index contributed by atoms with van der Waals surface area (Å²) in [6, 6.07) is 13.8. The zero-order valence-corrected chi connectivity index (χ0v) is 17.7. The number of rotatable bonds is 4. The van der Waals surface area contributed by atoms with Gasteiger partial charge < -0.3 is 0 Å². The minimum absolute atomic E-state index is 0.0132. The molecule has 0 N–H and O–H groups in total. The Morgan fingerprint density at radius 3 is 1.52 bits per heavy atom. The van der Waals surface area contributed by atoms with Crippen LogP contribution in [0, 0.1) is 20.2 Å². The van der Waals surface area contributed by atoms with Crippen LogP contribution in [0.25, 0.3) is 11.1 Å². The molecule has 0 amide bonds. The number of halogens is 2. The van der Waals surface area contributed by atoms with Crippen LogP contribution in [-0.2, 0) is 30.0 Å². The lowest BCUT2D eigenvalue weighted by molar-refractivity contribution is -0.385. The second-order valence-corrected chi connectivity index (χ2v) is 8.60. The smallest absolute Gasteiger partial charge is 0.258 e. The molecular weight excluding hydrogens is 439 g/mol. The summed E-state index contributed by atoms with van der Waals surface area (Å²) in [6.45, 7) is 0. The molecular formula is C23H16Cl2N2O4. The third-order valence-electron chi connectivity index (χ3n) is 6.54. The molecule has 0 fully saturated rings. The highest BCUT2D eigenvalue weighted by Crippen LogP contribution is 2.56. The van der Waals surface area contributed by atoms with Crippen molar-refractivity contribution in [2.45, 2.75) is 30.0 Å². The molecule has 2 aliphatic rings. The van der Waals surface area contributed by atoms with E-state index in [0.717, 1.165) is 44.5 Å². The summed E-state index contributed by atoms with van der Waals surface area (Å²) in [7, 11) is 0. The number of alkyl halides is 2. The van der Waals surface area contributed by atoms with Crippen LogP contribution >= 0.6 is 23.2 Å². The Morgan fingerprint density at radius 1 is 0.742 bits per heavy atom. The summed E-state index contributed by atoms with van der Waals surface area (Å²) in [5.41, 5.74) is 7.01. The van der Waals surface area contributed by atoms with E-state index >= 15 is 0 Å². The Balaban J connectivity index is 1.76. The first-order valence-electron chi connectivity index (χ1n) is 9.71. The van der Waals surface area contributed by atoms with Gasteiger partial charge in [-0.2, -0.15) is 0 Å². The average molecular weight is 455 g/mol. The maximum absolute atomic E-state index is 11.5. The Labute approximate surface area is 187 Å². The molecule has 1 spiro atoms. The number of fused-ring (bicyclic) bond motifs is 6. The van der Waals surface area contributed by atoms with Gasteiger partial charge in [-0.05, 0) is 69.5 Å². The number of non-ortho nitro benzene ring substituents is 2.